The Morgan fingerprint density at radius 1 is 1.64 bits per heavy atom. The fourth-order valence-corrected chi connectivity index (χ4v) is 1.43. The van der Waals surface area contributed by atoms with Gasteiger partial charge in [0.25, 0.3) is 0 Å². The van der Waals surface area contributed by atoms with Gasteiger partial charge in [-0.3, -0.25) is 0 Å². The lowest BCUT2D eigenvalue weighted by Crippen LogP contribution is -2.09. The third-order valence-corrected chi connectivity index (χ3v) is 2.32. The van der Waals surface area contributed by atoms with E-state index in [0.29, 0.717) is 18.6 Å². The highest BCUT2D eigenvalue weighted by Crippen LogP contribution is 2.18. The first-order valence-electron chi connectivity index (χ1n) is 4.55. The summed E-state index contributed by atoms with van der Waals surface area (Å²) in [5, 5.41) is 8.77. The molecular weight excluding hydrogens is 140 g/mol. The molecule has 2 nitrogen and oxygen atoms in total. The maximum Gasteiger partial charge on any atom is 0.0576 e. The predicted octanol–water partition coefficient (Wildman–Crippen LogP) is 1.57. The normalized spacial score (nSPS) is 27.3. The van der Waals surface area contributed by atoms with Crippen LogP contribution < -0.4 is 0 Å². The van der Waals surface area contributed by atoms with Crippen LogP contribution in [-0.4, -0.2) is 24.4 Å². The van der Waals surface area contributed by atoms with Crippen molar-refractivity contribution in [1.29, 1.82) is 0 Å². The van der Waals surface area contributed by atoms with Gasteiger partial charge in [0, 0.05) is 13.2 Å². The summed E-state index contributed by atoms with van der Waals surface area (Å²) in [7, 11) is 0. The highest BCUT2D eigenvalue weighted by Gasteiger charge is 2.15. The van der Waals surface area contributed by atoms with Crippen LogP contribution in [0.1, 0.15) is 32.6 Å². The van der Waals surface area contributed by atoms with Crippen molar-refractivity contribution in [2.75, 3.05) is 13.2 Å². The van der Waals surface area contributed by atoms with E-state index in [4.69, 9.17) is 9.84 Å². The molecule has 0 saturated carbocycles. The molecule has 66 valence electrons. The van der Waals surface area contributed by atoms with E-state index < -0.39 is 0 Å². The van der Waals surface area contributed by atoms with Crippen LogP contribution >= 0.6 is 0 Å². The number of aliphatic hydroxyl groups excluding tert-OH is 1. The standard InChI is InChI=1S/C9H18O2/c1-8(7-10)4-5-9-3-2-6-11-9/h8-10H,2-7H2,1H3. The molecule has 1 aliphatic rings. The Morgan fingerprint density at radius 2 is 2.45 bits per heavy atom. The minimum absolute atomic E-state index is 0.312. The van der Waals surface area contributed by atoms with Crippen LogP contribution in [0.5, 0.6) is 0 Å². The lowest BCUT2D eigenvalue weighted by molar-refractivity contribution is 0.0947. The van der Waals surface area contributed by atoms with E-state index in [1.807, 2.05) is 0 Å². The summed E-state index contributed by atoms with van der Waals surface area (Å²) in [6.07, 6.45) is 5.16. The van der Waals surface area contributed by atoms with Crippen molar-refractivity contribution in [2.45, 2.75) is 38.7 Å². The molecule has 1 N–H and O–H groups in total. The van der Waals surface area contributed by atoms with Crippen LogP contribution in [0.25, 0.3) is 0 Å². The van der Waals surface area contributed by atoms with Gasteiger partial charge in [0.15, 0.2) is 0 Å². The highest BCUT2D eigenvalue weighted by atomic mass is 16.5. The van der Waals surface area contributed by atoms with Gasteiger partial charge in [0.05, 0.1) is 6.10 Å². The van der Waals surface area contributed by atoms with Crippen LogP contribution in [0.15, 0.2) is 0 Å². The zero-order valence-corrected chi connectivity index (χ0v) is 7.25. The molecule has 2 heteroatoms. The SMILES string of the molecule is CC(CO)CCC1CCCO1. The Labute approximate surface area is 68.6 Å². The van der Waals surface area contributed by atoms with E-state index >= 15 is 0 Å². The third-order valence-electron chi connectivity index (χ3n) is 2.32. The first kappa shape index (κ1) is 9.01. The van der Waals surface area contributed by atoms with Crippen LogP contribution in [-0.2, 0) is 4.74 Å². The summed E-state index contributed by atoms with van der Waals surface area (Å²) in [5.41, 5.74) is 0. The van der Waals surface area contributed by atoms with Crippen molar-refractivity contribution in [2.24, 2.45) is 5.92 Å². The van der Waals surface area contributed by atoms with Crippen molar-refractivity contribution in [3.8, 4) is 0 Å². The van der Waals surface area contributed by atoms with Crippen LogP contribution in [0.4, 0.5) is 0 Å². The third kappa shape index (κ3) is 3.21. The summed E-state index contributed by atoms with van der Waals surface area (Å²) in [6, 6.07) is 0. The summed E-state index contributed by atoms with van der Waals surface area (Å²) in [6.45, 7) is 3.33. The molecule has 0 aromatic rings. The van der Waals surface area contributed by atoms with Crippen molar-refractivity contribution < 1.29 is 9.84 Å². The lowest BCUT2D eigenvalue weighted by atomic mass is 10.0. The molecule has 2 unspecified atom stereocenters. The smallest absolute Gasteiger partial charge is 0.0576 e. The molecule has 0 amide bonds. The van der Waals surface area contributed by atoms with Gasteiger partial charge in [-0.15, -0.1) is 0 Å². The van der Waals surface area contributed by atoms with E-state index in [-0.39, 0.29) is 0 Å². The number of hydrogen-bond donors (Lipinski definition) is 1. The zero-order valence-electron chi connectivity index (χ0n) is 7.25. The monoisotopic (exact) mass is 158 g/mol. The first-order chi connectivity index (χ1) is 5.33. The van der Waals surface area contributed by atoms with E-state index in [1.165, 1.54) is 12.8 Å². The maximum absolute atomic E-state index is 8.77. The van der Waals surface area contributed by atoms with Crippen molar-refractivity contribution in [3.05, 3.63) is 0 Å². The summed E-state index contributed by atoms with van der Waals surface area (Å²) >= 11 is 0. The van der Waals surface area contributed by atoms with Crippen molar-refractivity contribution >= 4 is 0 Å². The fraction of sp³-hybridized carbons (Fsp3) is 1.00. The average molecular weight is 158 g/mol. The Morgan fingerprint density at radius 3 is 3.00 bits per heavy atom. The quantitative estimate of drug-likeness (QED) is 0.673. The second-order valence-corrected chi connectivity index (χ2v) is 3.50. The Balaban J connectivity index is 2.01. The predicted molar refractivity (Wildman–Crippen MR) is 44.5 cm³/mol. The lowest BCUT2D eigenvalue weighted by Gasteiger charge is -2.11. The van der Waals surface area contributed by atoms with Gasteiger partial charge in [0.1, 0.15) is 0 Å². The molecule has 0 spiro atoms. The van der Waals surface area contributed by atoms with E-state index in [9.17, 15) is 0 Å². The summed E-state index contributed by atoms with van der Waals surface area (Å²) in [5.74, 6) is 0.444. The topological polar surface area (TPSA) is 29.5 Å². The first-order valence-corrected chi connectivity index (χ1v) is 4.55. The van der Waals surface area contributed by atoms with Gasteiger partial charge in [0.2, 0.25) is 0 Å². The van der Waals surface area contributed by atoms with Crippen LogP contribution in [0.3, 0.4) is 0 Å². The minimum atomic E-state index is 0.312. The molecule has 1 saturated heterocycles. The number of aliphatic hydroxyl groups is 1. The molecule has 0 radical (unpaired) electrons. The van der Waals surface area contributed by atoms with Gasteiger partial charge < -0.3 is 9.84 Å². The molecule has 1 heterocycles. The van der Waals surface area contributed by atoms with Gasteiger partial charge in [-0.2, -0.15) is 0 Å². The highest BCUT2D eigenvalue weighted by molar-refractivity contribution is 4.65. The second-order valence-electron chi connectivity index (χ2n) is 3.50. The fourth-order valence-electron chi connectivity index (χ4n) is 1.43. The molecular formula is C9H18O2. The molecule has 1 rings (SSSR count). The molecule has 0 aromatic heterocycles. The Bertz CT molecular complexity index is 97.7. The van der Waals surface area contributed by atoms with E-state index in [0.717, 1.165) is 19.4 Å². The van der Waals surface area contributed by atoms with Crippen LogP contribution in [0, 0.1) is 5.92 Å². The maximum atomic E-state index is 8.77. The second kappa shape index (κ2) is 4.73. The van der Waals surface area contributed by atoms with Gasteiger partial charge in [-0.1, -0.05) is 6.92 Å². The molecule has 1 aliphatic heterocycles. The molecule has 0 aromatic carbocycles. The number of ether oxygens (including phenoxy) is 1. The molecule has 2 atom stereocenters. The average Bonchev–Trinajstić information content (AvgIpc) is 2.52. The Kier molecular flexibility index (Phi) is 3.87. The number of hydrogen-bond acceptors (Lipinski definition) is 2. The molecule has 0 aliphatic carbocycles. The molecule has 1 fully saturated rings. The summed E-state index contributed by atoms with van der Waals surface area (Å²) < 4.78 is 5.47. The van der Waals surface area contributed by atoms with Crippen molar-refractivity contribution in [1.82, 2.24) is 0 Å². The molecule has 11 heavy (non-hydrogen) atoms. The molecule has 0 bridgehead atoms. The zero-order chi connectivity index (χ0) is 8.10. The number of rotatable bonds is 4. The van der Waals surface area contributed by atoms with Gasteiger partial charge >= 0.3 is 0 Å². The summed E-state index contributed by atoms with van der Waals surface area (Å²) in [4.78, 5) is 0. The van der Waals surface area contributed by atoms with Gasteiger partial charge in [-0.25, -0.2) is 0 Å². The van der Waals surface area contributed by atoms with Crippen LogP contribution in [0.2, 0.25) is 0 Å². The Hall–Kier alpha value is -0.0800. The van der Waals surface area contributed by atoms with Gasteiger partial charge in [-0.05, 0) is 31.6 Å². The largest absolute Gasteiger partial charge is 0.396 e. The van der Waals surface area contributed by atoms with E-state index in [2.05, 4.69) is 6.92 Å². The minimum Gasteiger partial charge on any atom is -0.396 e. The van der Waals surface area contributed by atoms with E-state index in [1.54, 1.807) is 0 Å². The van der Waals surface area contributed by atoms with Crippen molar-refractivity contribution in [3.63, 3.8) is 0 Å².